The van der Waals surface area contributed by atoms with Gasteiger partial charge in [0.05, 0.1) is 23.2 Å². The van der Waals surface area contributed by atoms with Gasteiger partial charge in [-0.05, 0) is 113 Å². The van der Waals surface area contributed by atoms with E-state index in [-0.39, 0.29) is 11.8 Å². The molecule has 0 saturated carbocycles. The van der Waals surface area contributed by atoms with E-state index in [1.807, 2.05) is 12.2 Å². The molecule has 0 aromatic heterocycles. The van der Waals surface area contributed by atoms with E-state index in [4.69, 9.17) is 0 Å². The van der Waals surface area contributed by atoms with E-state index >= 15 is 0 Å². The molecule has 4 aliphatic carbocycles. The minimum atomic E-state index is -0.131. The Bertz CT molecular complexity index is 2560. The summed E-state index contributed by atoms with van der Waals surface area (Å²) >= 11 is 0. The fourth-order valence-corrected chi connectivity index (χ4v) is 8.10. The molecule has 2 heteroatoms. The zero-order valence-electron chi connectivity index (χ0n) is 29.9. The first-order valence-electron chi connectivity index (χ1n) is 18.6. The van der Waals surface area contributed by atoms with E-state index in [1.54, 1.807) is 0 Å². The van der Waals surface area contributed by atoms with Crippen LogP contribution in [0.4, 0.5) is 22.7 Å². The highest BCUT2D eigenvalue weighted by Gasteiger charge is 2.32. The van der Waals surface area contributed by atoms with Gasteiger partial charge in [-0.2, -0.15) is 0 Å². The van der Waals surface area contributed by atoms with Gasteiger partial charge in [-0.25, -0.2) is 0 Å². The van der Waals surface area contributed by atoms with E-state index in [9.17, 15) is 0 Å². The average molecular weight is 681 g/mol. The van der Waals surface area contributed by atoms with Crippen molar-refractivity contribution in [3.8, 4) is 11.8 Å². The molecule has 9 rings (SSSR count). The van der Waals surface area contributed by atoms with E-state index in [1.165, 1.54) is 44.2 Å². The van der Waals surface area contributed by atoms with Crippen LogP contribution in [-0.2, 0) is 6.42 Å². The number of allylic oxidation sites excluding steroid dienone is 10. The van der Waals surface area contributed by atoms with Crippen LogP contribution in [0.15, 0.2) is 181 Å². The Balaban J connectivity index is 1.27. The smallest absolute Gasteiger partial charge is 0.0735 e. The van der Waals surface area contributed by atoms with Crippen molar-refractivity contribution in [3.05, 3.63) is 209 Å². The predicted octanol–water partition coefficient (Wildman–Crippen LogP) is 13.0. The highest BCUT2D eigenvalue weighted by atomic mass is 15.2. The maximum absolute atomic E-state index is 3.99. The van der Waals surface area contributed by atoms with Gasteiger partial charge in [-0.3, -0.25) is 0 Å². The van der Waals surface area contributed by atoms with Gasteiger partial charge in [0.2, 0.25) is 0 Å². The minimum absolute atomic E-state index is 0.0425. The molecule has 0 aliphatic heterocycles. The Kier molecular flexibility index (Phi) is 8.47. The average Bonchev–Trinajstić information content (AvgIpc) is 3.20. The molecule has 0 fully saturated rings. The van der Waals surface area contributed by atoms with Crippen LogP contribution in [0.1, 0.15) is 47.1 Å². The second-order valence-electron chi connectivity index (χ2n) is 13.8. The summed E-state index contributed by atoms with van der Waals surface area (Å²) in [6, 6.07) is 37.6. The maximum atomic E-state index is 3.99. The third-order valence-corrected chi connectivity index (χ3v) is 10.7. The standard InChI is InChI=1S/C51H40N2/c1-3-5-17-42(4-2)52(44-27-23-37-13-9-11-15-40(37)34-44)49-32-22-36-20-29-47-46(49)31-25-39-26-33-50(48(30-21-36)51(39)47)53(43-18-7-6-8-19-43)45-28-24-38-14-10-12-16-41(38)35-45/h3-8,10-12,14-19,21-28,30-36,47H,1,9,13H2,2H3/b17-5-,30-21?,32-22?,42-4+,49-46?. The summed E-state index contributed by atoms with van der Waals surface area (Å²) in [5.41, 5.74) is 14.2. The lowest BCUT2D eigenvalue weighted by Crippen LogP contribution is -2.25. The number of benzene rings is 5. The molecule has 53 heavy (non-hydrogen) atoms. The molecule has 0 amide bonds. The van der Waals surface area contributed by atoms with Crippen molar-refractivity contribution in [1.82, 2.24) is 0 Å². The number of rotatable bonds is 8. The van der Waals surface area contributed by atoms with Gasteiger partial charge in [0, 0.05) is 28.3 Å². The molecule has 2 nitrogen and oxygen atoms in total. The Labute approximate surface area is 313 Å². The molecule has 0 spiro atoms. The number of nitrogens with zero attached hydrogens (tertiary/aromatic N) is 2. The van der Waals surface area contributed by atoms with Gasteiger partial charge in [0.15, 0.2) is 0 Å². The summed E-state index contributed by atoms with van der Waals surface area (Å²) in [7, 11) is 0. The highest BCUT2D eigenvalue weighted by Crippen LogP contribution is 2.48. The van der Waals surface area contributed by atoms with Crippen LogP contribution in [0, 0.1) is 17.8 Å². The fourth-order valence-electron chi connectivity index (χ4n) is 8.10. The normalized spacial score (nSPS) is 17.9. The van der Waals surface area contributed by atoms with Gasteiger partial charge < -0.3 is 9.80 Å². The maximum Gasteiger partial charge on any atom is 0.0735 e. The van der Waals surface area contributed by atoms with Gasteiger partial charge in [0.1, 0.15) is 0 Å². The van der Waals surface area contributed by atoms with Crippen molar-refractivity contribution >= 4 is 51.8 Å². The quantitative estimate of drug-likeness (QED) is 0.119. The van der Waals surface area contributed by atoms with Crippen LogP contribution >= 0.6 is 0 Å². The van der Waals surface area contributed by atoms with Crippen molar-refractivity contribution in [2.45, 2.75) is 25.7 Å². The predicted molar refractivity (Wildman–Crippen MR) is 226 cm³/mol. The largest absolute Gasteiger partial charge is 0.310 e. The molecule has 0 heterocycles. The van der Waals surface area contributed by atoms with E-state index in [2.05, 4.69) is 199 Å². The minimum Gasteiger partial charge on any atom is -0.310 e. The topological polar surface area (TPSA) is 6.48 Å². The molecule has 254 valence electrons. The van der Waals surface area contributed by atoms with Crippen LogP contribution in [0.2, 0.25) is 0 Å². The second-order valence-corrected chi connectivity index (χ2v) is 13.8. The monoisotopic (exact) mass is 680 g/mol. The zero-order chi connectivity index (χ0) is 35.7. The van der Waals surface area contributed by atoms with Gasteiger partial charge in [0.25, 0.3) is 0 Å². The van der Waals surface area contributed by atoms with Crippen LogP contribution in [0.25, 0.3) is 29.0 Å². The molecule has 2 bridgehead atoms. The molecule has 4 aliphatic rings. The number of aryl methyl sites for hydroxylation is 1. The zero-order valence-corrected chi connectivity index (χ0v) is 29.9. The Morgan fingerprint density at radius 2 is 1.57 bits per heavy atom. The molecule has 0 saturated heterocycles. The highest BCUT2D eigenvalue weighted by molar-refractivity contribution is 5.92. The molecule has 5 aromatic carbocycles. The van der Waals surface area contributed by atoms with Crippen molar-refractivity contribution in [2.75, 3.05) is 9.80 Å². The van der Waals surface area contributed by atoms with Crippen LogP contribution < -0.4 is 9.80 Å². The second kappa shape index (κ2) is 13.9. The summed E-state index contributed by atoms with van der Waals surface area (Å²) < 4.78 is 0. The third-order valence-electron chi connectivity index (χ3n) is 10.7. The molecule has 2 unspecified atom stereocenters. The lowest BCUT2D eigenvalue weighted by Gasteiger charge is -2.35. The Morgan fingerprint density at radius 3 is 2.43 bits per heavy atom. The van der Waals surface area contributed by atoms with Gasteiger partial charge in [-0.15, -0.1) is 0 Å². The summed E-state index contributed by atoms with van der Waals surface area (Å²) in [5, 5.41) is 2.44. The first-order chi connectivity index (χ1) is 26.2. The van der Waals surface area contributed by atoms with E-state index in [0.29, 0.717) is 0 Å². The summed E-state index contributed by atoms with van der Waals surface area (Å²) in [4.78, 5) is 4.81. The number of para-hydroxylation sites is 1. The van der Waals surface area contributed by atoms with Gasteiger partial charge >= 0.3 is 0 Å². The van der Waals surface area contributed by atoms with E-state index in [0.717, 1.165) is 47.0 Å². The van der Waals surface area contributed by atoms with Crippen LogP contribution in [-0.4, -0.2) is 0 Å². The SMILES string of the molecule is C=C/C=C\C(=C/C)N(C1=C2C=Cc3ccc(N(c4ccccc4)c4ccc5ccccc5c4)c4c3C2C#CC(C=C1)C=C4)c1ccc2c(c1)C=CCC2. The Hall–Kier alpha value is -6.56. The molecule has 5 aromatic rings. The molecular formula is C51H40N2. The number of fused-ring (bicyclic) bond motifs is 3. The molecule has 0 N–H and O–H groups in total. The summed E-state index contributed by atoms with van der Waals surface area (Å²) in [6.45, 7) is 6.10. The number of hydrogen-bond acceptors (Lipinski definition) is 2. The molecular weight excluding hydrogens is 641 g/mol. The van der Waals surface area contributed by atoms with Gasteiger partial charge in [-0.1, -0.05) is 140 Å². The van der Waals surface area contributed by atoms with Crippen molar-refractivity contribution in [1.29, 1.82) is 0 Å². The lowest BCUT2D eigenvalue weighted by molar-refractivity contribution is 0.959. The lowest BCUT2D eigenvalue weighted by atomic mass is 9.77. The Morgan fingerprint density at radius 1 is 0.736 bits per heavy atom. The van der Waals surface area contributed by atoms with Crippen molar-refractivity contribution in [2.24, 2.45) is 5.92 Å². The molecule has 2 atom stereocenters. The summed E-state index contributed by atoms with van der Waals surface area (Å²) in [6.07, 6.45) is 28.6. The van der Waals surface area contributed by atoms with Crippen molar-refractivity contribution < 1.29 is 0 Å². The van der Waals surface area contributed by atoms with Crippen molar-refractivity contribution in [3.63, 3.8) is 0 Å². The fraction of sp³-hybridized carbons (Fsp3) is 0.0980. The first kappa shape index (κ1) is 32.4. The number of hydrogen-bond donors (Lipinski definition) is 0. The van der Waals surface area contributed by atoms with E-state index < -0.39 is 0 Å². The first-order valence-corrected chi connectivity index (χ1v) is 18.6. The van der Waals surface area contributed by atoms with Crippen LogP contribution in [0.5, 0.6) is 0 Å². The van der Waals surface area contributed by atoms with Crippen LogP contribution in [0.3, 0.4) is 0 Å². The molecule has 0 radical (unpaired) electrons. The number of anilines is 4. The third kappa shape index (κ3) is 5.91. The summed E-state index contributed by atoms with van der Waals surface area (Å²) in [5.74, 6) is 7.26.